The fraction of sp³-hybridized carbons (Fsp3) is 0.212. The van der Waals surface area contributed by atoms with Gasteiger partial charge in [0, 0.05) is 24.0 Å². The summed E-state index contributed by atoms with van der Waals surface area (Å²) in [6.07, 6.45) is 0.266. The zero-order valence-corrected chi connectivity index (χ0v) is 26.0. The van der Waals surface area contributed by atoms with Gasteiger partial charge in [-0.1, -0.05) is 88.7 Å². The van der Waals surface area contributed by atoms with Gasteiger partial charge in [0.15, 0.2) is 0 Å². The standard InChI is InChI=1S/C33H34BrN3O4S/c1-3-35-33(39)31(22-26-13-6-4-7-14-26)36(23-27-15-11-16-28(34)21-27)32(38)24-37(29-17-10-12-25(2)20-29)42(40,41)30-18-8-5-9-19-30/h4-21,31H,3,22-24H2,1-2H3,(H,35,39). The van der Waals surface area contributed by atoms with Crippen molar-refractivity contribution in [2.24, 2.45) is 0 Å². The number of hydrogen-bond acceptors (Lipinski definition) is 4. The monoisotopic (exact) mass is 647 g/mol. The maximum atomic E-state index is 14.3. The first kappa shape index (κ1) is 31.0. The molecule has 9 heteroatoms. The van der Waals surface area contributed by atoms with Gasteiger partial charge in [0.05, 0.1) is 10.6 Å². The summed E-state index contributed by atoms with van der Waals surface area (Å²) in [5.74, 6) is -0.805. The molecule has 1 atom stereocenters. The first-order valence-corrected chi connectivity index (χ1v) is 15.9. The van der Waals surface area contributed by atoms with Gasteiger partial charge in [0.25, 0.3) is 10.0 Å². The Morgan fingerprint density at radius 1 is 0.833 bits per heavy atom. The average molecular weight is 649 g/mol. The molecule has 4 rings (SSSR count). The number of aryl methyl sites for hydroxylation is 1. The fourth-order valence-corrected chi connectivity index (χ4v) is 6.58. The van der Waals surface area contributed by atoms with Gasteiger partial charge in [-0.15, -0.1) is 0 Å². The van der Waals surface area contributed by atoms with Crippen LogP contribution in [-0.4, -0.2) is 44.3 Å². The number of nitrogens with one attached hydrogen (secondary N) is 1. The molecule has 218 valence electrons. The summed E-state index contributed by atoms with van der Waals surface area (Å²) >= 11 is 3.49. The summed E-state index contributed by atoms with van der Waals surface area (Å²) in [5.41, 5.74) is 2.90. The van der Waals surface area contributed by atoms with Crippen molar-refractivity contribution >= 4 is 43.5 Å². The highest BCUT2D eigenvalue weighted by atomic mass is 79.9. The molecule has 0 radical (unpaired) electrons. The SMILES string of the molecule is CCNC(=O)C(Cc1ccccc1)N(Cc1cccc(Br)c1)C(=O)CN(c1cccc(C)c1)S(=O)(=O)c1ccccc1. The van der Waals surface area contributed by atoms with Crippen LogP contribution in [0.2, 0.25) is 0 Å². The minimum absolute atomic E-state index is 0.0717. The van der Waals surface area contributed by atoms with Gasteiger partial charge in [-0.3, -0.25) is 13.9 Å². The lowest BCUT2D eigenvalue weighted by molar-refractivity contribution is -0.140. The molecule has 1 unspecified atom stereocenters. The van der Waals surface area contributed by atoms with E-state index in [1.54, 1.807) is 36.4 Å². The third kappa shape index (κ3) is 7.86. The number of halogens is 1. The highest BCUT2D eigenvalue weighted by molar-refractivity contribution is 9.10. The third-order valence-electron chi connectivity index (χ3n) is 6.76. The van der Waals surface area contributed by atoms with Crippen LogP contribution in [0.3, 0.4) is 0 Å². The summed E-state index contributed by atoms with van der Waals surface area (Å²) < 4.78 is 29.9. The van der Waals surface area contributed by atoms with Gasteiger partial charge >= 0.3 is 0 Å². The maximum absolute atomic E-state index is 14.3. The lowest BCUT2D eigenvalue weighted by Gasteiger charge is -2.34. The van der Waals surface area contributed by atoms with Crippen molar-refractivity contribution < 1.29 is 18.0 Å². The van der Waals surface area contributed by atoms with Crippen LogP contribution in [-0.2, 0) is 32.6 Å². The zero-order valence-electron chi connectivity index (χ0n) is 23.6. The Bertz CT molecular complexity index is 1610. The number of sulfonamides is 1. The van der Waals surface area contributed by atoms with E-state index in [2.05, 4.69) is 21.2 Å². The van der Waals surface area contributed by atoms with E-state index in [1.807, 2.05) is 74.5 Å². The van der Waals surface area contributed by atoms with Crippen LogP contribution in [0.15, 0.2) is 119 Å². The molecule has 0 aromatic heterocycles. The molecule has 2 amide bonds. The lowest BCUT2D eigenvalue weighted by atomic mass is 10.0. The van der Waals surface area contributed by atoms with E-state index in [9.17, 15) is 18.0 Å². The summed E-state index contributed by atoms with van der Waals surface area (Å²) in [6.45, 7) is 3.70. The highest BCUT2D eigenvalue weighted by Crippen LogP contribution is 2.26. The number of rotatable bonds is 12. The van der Waals surface area contributed by atoms with Gasteiger partial charge in [0.2, 0.25) is 11.8 Å². The summed E-state index contributed by atoms with van der Waals surface area (Å²) in [5, 5.41) is 2.87. The predicted molar refractivity (Wildman–Crippen MR) is 169 cm³/mol. The Labute approximate surface area is 256 Å². The second-order valence-electron chi connectivity index (χ2n) is 9.92. The molecule has 42 heavy (non-hydrogen) atoms. The Morgan fingerprint density at radius 2 is 1.48 bits per heavy atom. The Kier molecular flexibility index (Phi) is 10.5. The van der Waals surface area contributed by atoms with Crippen LogP contribution in [0.25, 0.3) is 0 Å². The van der Waals surface area contributed by atoms with E-state index in [0.717, 1.165) is 25.5 Å². The number of anilines is 1. The Hall–Kier alpha value is -3.95. The quantitative estimate of drug-likeness (QED) is 0.213. The normalized spacial score (nSPS) is 11.9. The van der Waals surface area contributed by atoms with Crippen LogP contribution in [0.4, 0.5) is 5.69 Å². The van der Waals surface area contributed by atoms with E-state index in [4.69, 9.17) is 0 Å². The number of nitrogens with zero attached hydrogens (tertiary/aromatic N) is 2. The first-order valence-electron chi connectivity index (χ1n) is 13.7. The molecule has 0 bridgehead atoms. The van der Waals surface area contributed by atoms with Gasteiger partial charge in [-0.25, -0.2) is 8.42 Å². The number of carbonyl (C=O) groups excluding carboxylic acids is 2. The van der Waals surface area contributed by atoms with Crippen molar-refractivity contribution in [1.82, 2.24) is 10.2 Å². The number of carbonyl (C=O) groups is 2. The molecular weight excluding hydrogens is 614 g/mol. The molecule has 0 spiro atoms. The highest BCUT2D eigenvalue weighted by Gasteiger charge is 2.34. The fourth-order valence-electron chi connectivity index (χ4n) is 4.71. The second-order valence-corrected chi connectivity index (χ2v) is 12.7. The molecule has 4 aromatic rings. The average Bonchev–Trinajstić information content (AvgIpc) is 2.98. The summed E-state index contributed by atoms with van der Waals surface area (Å²) in [4.78, 5) is 29.4. The molecule has 1 N–H and O–H groups in total. The van der Waals surface area contributed by atoms with E-state index in [1.165, 1.54) is 17.0 Å². The molecule has 0 saturated heterocycles. The van der Waals surface area contributed by atoms with Crippen LogP contribution in [0, 0.1) is 6.92 Å². The van der Waals surface area contributed by atoms with Gasteiger partial charge < -0.3 is 10.2 Å². The summed E-state index contributed by atoms with van der Waals surface area (Å²) in [7, 11) is -4.12. The third-order valence-corrected chi connectivity index (χ3v) is 9.05. The van der Waals surface area contributed by atoms with Gasteiger partial charge in [-0.05, 0) is 66.9 Å². The van der Waals surface area contributed by atoms with Crippen LogP contribution < -0.4 is 9.62 Å². The van der Waals surface area contributed by atoms with Crippen molar-refractivity contribution in [3.8, 4) is 0 Å². The molecule has 0 aliphatic heterocycles. The van der Waals surface area contributed by atoms with E-state index >= 15 is 0 Å². The number of hydrogen-bond donors (Lipinski definition) is 1. The van der Waals surface area contributed by atoms with Crippen molar-refractivity contribution in [3.05, 3.63) is 130 Å². The van der Waals surface area contributed by atoms with E-state index < -0.39 is 28.5 Å². The molecule has 7 nitrogen and oxygen atoms in total. The molecule has 0 aliphatic rings. The maximum Gasteiger partial charge on any atom is 0.264 e. The molecule has 0 heterocycles. The van der Waals surface area contributed by atoms with Gasteiger partial charge in [0.1, 0.15) is 12.6 Å². The molecule has 0 fully saturated rings. The minimum Gasteiger partial charge on any atom is -0.355 e. The number of likely N-dealkylation sites (N-methyl/N-ethyl adjacent to an activating group) is 1. The molecule has 0 saturated carbocycles. The van der Waals surface area contributed by atoms with Crippen molar-refractivity contribution in [2.45, 2.75) is 37.8 Å². The van der Waals surface area contributed by atoms with Crippen molar-refractivity contribution in [2.75, 3.05) is 17.4 Å². The largest absolute Gasteiger partial charge is 0.355 e. The van der Waals surface area contributed by atoms with E-state index in [-0.39, 0.29) is 23.8 Å². The van der Waals surface area contributed by atoms with Crippen LogP contribution in [0.1, 0.15) is 23.6 Å². The molecular formula is C33H34BrN3O4S. The minimum atomic E-state index is -4.12. The first-order chi connectivity index (χ1) is 20.2. The van der Waals surface area contributed by atoms with E-state index in [0.29, 0.717) is 12.2 Å². The number of amides is 2. The topological polar surface area (TPSA) is 86.8 Å². The number of benzene rings is 4. The smallest absolute Gasteiger partial charge is 0.264 e. The lowest BCUT2D eigenvalue weighted by Crippen LogP contribution is -2.53. The molecule has 0 aliphatic carbocycles. The van der Waals surface area contributed by atoms with Crippen LogP contribution >= 0.6 is 15.9 Å². The second kappa shape index (κ2) is 14.3. The zero-order chi connectivity index (χ0) is 30.1. The molecule has 4 aromatic carbocycles. The predicted octanol–water partition coefficient (Wildman–Crippen LogP) is 5.73. The Morgan fingerprint density at radius 3 is 2.12 bits per heavy atom. The van der Waals surface area contributed by atoms with Crippen LogP contribution in [0.5, 0.6) is 0 Å². The van der Waals surface area contributed by atoms with Crippen molar-refractivity contribution in [3.63, 3.8) is 0 Å². The van der Waals surface area contributed by atoms with Crippen molar-refractivity contribution in [1.29, 1.82) is 0 Å². The summed E-state index contributed by atoms with van der Waals surface area (Å²) in [6, 6.07) is 31.2. The Balaban J connectivity index is 1.79. The van der Waals surface area contributed by atoms with Gasteiger partial charge in [-0.2, -0.15) is 0 Å².